The summed E-state index contributed by atoms with van der Waals surface area (Å²) < 4.78 is 0. The van der Waals surface area contributed by atoms with Crippen LogP contribution in [0.4, 0.5) is 0 Å². The maximum atomic E-state index is 11.8. The van der Waals surface area contributed by atoms with Crippen LogP contribution < -0.4 is 10.6 Å². The first-order chi connectivity index (χ1) is 8.24. The molecular formula is C13H25ClN2OS. The van der Waals surface area contributed by atoms with Gasteiger partial charge in [-0.2, -0.15) is 0 Å². The highest BCUT2D eigenvalue weighted by atomic mass is 35.5. The van der Waals surface area contributed by atoms with Crippen molar-refractivity contribution in [1.29, 1.82) is 0 Å². The van der Waals surface area contributed by atoms with Crippen LogP contribution in [0.25, 0.3) is 0 Å². The van der Waals surface area contributed by atoms with Gasteiger partial charge in [-0.25, -0.2) is 0 Å². The maximum Gasteiger partial charge on any atom is 0.233 e. The zero-order valence-electron chi connectivity index (χ0n) is 11.3. The number of hydrogen-bond acceptors (Lipinski definition) is 3. The Morgan fingerprint density at radius 3 is 3.00 bits per heavy atom. The highest BCUT2D eigenvalue weighted by Crippen LogP contribution is 2.13. The molecule has 0 aromatic carbocycles. The Hall–Kier alpha value is -0.190. The fraction of sp³-hybridized carbons (Fsp3) is 0.769. The van der Waals surface area contributed by atoms with Gasteiger partial charge >= 0.3 is 0 Å². The molecule has 3 nitrogen and oxygen atoms in total. The predicted octanol–water partition coefficient (Wildman–Crippen LogP) is 2.37. The average Bonchev–Trinajstić information content (AvgIpc) is 2.37. The van der Waals surface area contributed by atoms with E-state index in [0.29, 0.717) is 0 Å². The van der Waals surface area contributed by atoms with Crippen molar-refractivity contribution >= 4 is 30.1 Å². The first-order valence-electron chi connectivity index (χ1n) is 6.52. The largest absolute Gasteiger partial charge is 0.351 e. The van der Waals surface area contributed by atoms with Crippen LogP contribution in [0, 0.1) is 0 Å². The molecule has 0 aromatic rings. The molecule has 0 aliphatic carbocycles. The van der Waals surface area contributed by atoms with Crippen LogP contribution in [0.15, 0.2) is 11.6 Å². The van der Waals surface area contributed by atoms with Gasteiger partial charge in [-0.3, -0.25) is 4.79 Å². The van der Waals surface area contributed by atoms with Crippen LogP contribution in [0.3, 0.4) is 0 Å². The van der Waals surface area contributed by atoms with Crippen molar-refractivity contribution in [1.82, 2.24) is 10.6 Å². The fourth-order valence-corrected chi connectivity index (χ4v) is 2.70. The first-order valence-corrected chi connectivity index (χ1v) is 7.57. The highest BCUT2D eigenvalue weighted by Gasteiger charge is 2.13. The third kappa shape index (κ3) is 7.29. The van der Waals surface area contributed by atoms with E-state index in [1.807, 2.05) is 6.92 Å². The molecule has 0 bridgehead atoms. The quantitative estimate of drug-likeness (QED) is 0.559. The van der Waals surface area contributed by atoms with Crippen molar-refractivity contribution in [3.8, 4) is 0 Å². The van der Waals surface area contributed by atoms with E-state index in [0.717, 1.165) is 31.8 Å². The molecule has 0 saturated heterocycles. The fourth-order valence-electron chi connectivity index (χ4n) is 1.65. The Kier molecular flexibility index (Phi) is 10.6. The first kappa shape index (κ1) is 17.8. The van der Waals surface area contributed by atoms with Crippen molar-refractivity contribution in [2.45, 2.75) is 38.4 Å². The van der Waals surface area contributed by atoms with E-state index in [2.05, 4.69) is 23.6 Å². The lowest BCUT2D eigenvalue weighted by molar-refractivity contribution is -0.120. The van der Waals surface area contributed by atoms with E-state index in [9.17, 15) is 4.79 Å². The Labute approximate surface area is 121 Å². The minimum absolute atomic E-state index is 0. The predicted molar refractivity (Wildman–Crippen MR) is 82.7 cm³/mol. The van der Waals surface area contributed by atoms with Gasteiger partial charge in [-0.05, 0) is 32.1 Å². The molecule has 1 aliphatic heterocycles. The maximum absolute atomic E-state index is 11.8. The molecule has 1 heterocycles. The zero-order valence-corrected chi connectivity index (χ0v) is 13.0. The molecule has 1 atom stereocenters. The number of unbranched alkanes of at least 4 members (excludes halogenated alkanes) is 1. The number of nitrogens with one attached hydrogen (secondary N) is 2. The van der Waals surface area contributed by atoms with E-state index in [-0.39, 0.29) is 23.6 Å². The number of thioether (sulfide) groups is 1. The van der Waals surface area contributed by atoms with Crippen molar-refractivity contribution < 1.29 is 4.79 Å². The van der Waals surface area contributed by atoms with Gasteiger partial charge < -0.3 is 10.6 Å². The van der Waals surface area contributed by atoms with Gasteiger partial charge in [0.15, 0.2) is 0 Å². The van der Waals surface area contributed by atoms with Crippen LogP contribution in [0.5, 0.6) is 0 Å². The molecular weight excluding hydrogens is 268 g/mol. The van der Waals surface area contributed by atoms with Crippen molar-refractivity contribution in [2.75, 3.05) is 25.4 Å². The summed E-state index contributed by atoms with van der Waals surface area (Å²) in [5, 5.41) is 6.36. The van der Waals surface area contributed by atoms with Crippen LogP contribution in [-0.2, 0) is 4.79 Å². The number of carbonyl (C=O) groups is 1. The molecule has 0 radical (unpaired) electrons. The molecule has 0 saturated carbocycles. The number of amides is 1. The van der Waals surface area contributed by atoms with E-state index in [1.165, 1.54) is 18.4 Å². The summed E-state index contributed by atoms with van der Waals surface area (Å²) in [6, 6.07) is 0. The minimum atomic E-state index is 0. The van der Waals surface area contributed by atoms with Gasteiger partial charge in [0.05, 0.1) is 5.25 Å². The van der Waals surface area contributed by atoms with Crippen molar-refractivity contribution in [2.24, 2.45) is 0 Å². The molecule has 0 aromatic heterocycles. The third-order valence-corrected chi connectivity index (χ3v) is 4.12. The monoisotopic (exact) mass is 292 g/mol. The summed E-state index contributed by atoms with van der Waals surface area (Å²) in [7, 11) is 0. The standard InChI is InChI=1S/C13H24N2OS.ClH/c1-3-4-9-17-11(2)13(16)15-10-12-5-7-14-8-6-12;/h5,11,14H,3-4,6-10H2,1-2H3,(H,15,16);1H. The summed E-state index contributed by atoms with van der Waals surface area (Å²) in [6.07, 6.45) is 5.62. The van der Waals surface area contributed by atoms with E-state index in [1.54, 1.807) is 11.8 Å². The zero-order chi connectivity index (χ0) is 12.5. The lowest BCUT2D eigenvalue weighted by atomic mass is 10.1. The molecule has 0 spiro atoms. The number of rotatable bonds is 7. The summed E-state index contributed by atoms with van der Waals surface area (Å²) in [6.45, 7) is 6.86. The summed E-state index contributed by atoms with van der Waals surface area (Å²) in [4.78, 5) is 11.8. The van der Waals surface area contributed by atoms with Gasteiger partial charge in [0.1, 0.15) is 0 Å². The smallest absolute Gasteiger partial charge is 0.233 e. The average molecular weight is 293 g/mol. The second-order valence-corrected chi connectivity index (χ2v) is 5.85. The molecule has 18 heavy (non-hydrogen) atoms. The molecule has 5 heteroatoms. The SMILES string of the molecule is CCCCSC(C)C(=O)NCC1=CCNCC1.Cl. The lowest BCUT2D eigenvalue weighted by Gasteiger charge is -2.16. The molecule has 2 N–H and O–H groups in total. The summed E-state index contributed by atoms with van der Waals surface area (Å²) in [5.74, 6) is 1.25. The number of carbonyl (C=O) groups excluding carboxylic acids is 1. The van der Waals surface area contributed by atoms with Crippen LogP contribution in [0.1, 0.15) is 33.1 Å². The van der Waals surface area contributed by atoms with Gasteiger partial charge in [0, 0.05) is 13.1 Å². The molecule has 1 aliphatic rings. The number of halogens is 1. The van der Waals surface area contributed by atoms with Gasteiger partial charge in [-0.1, -0.05) is 25.0 Å². The normalized spacial score (nSPS) is 16.4. The van der Waals surface area contributed by atoms with Crippen LogP contribution in [0.2, 0.25) is 0 Å². The van der Waals surface area contributed by atoms with Gasteiger partial charge in [0.2, 0.25) is 5.91 Å². The third-order valence-electron chi connectivity index (χ3n) is 2.88. The number of hydrogen-bond donors (Lipinski definition) is 2. The molecule has 106 valence electrons. The van der Waals surface area contributed by atoms with Gasteiger partial charge in [0.25, 0.3) is 0 Å². The molecule has 1 amide bonds. The lowest BCUT2D eigenvalue weighted by Crippen LogP contribution is -2.34. The summed E-state index contributed by atoms with van der Waals surface area (Å²) >= 11 is 1.75. The van der Waals surface area contributed by atoms with E-state index in [4.69, 9.17) is 0 Å². The Balaban J connectivity index is 0.00000289. The second kappa shape index (κ2) is 10.7. The van der Waals surface area contributed by atoms with E-state index < -0.39 is 0 Å². The van der Waals surface area contributed by atoms with E-state index >= 15 is 0 Å². The van der Waals surface area contributed by atoms with Crippen molar-refractivity contribution in [3.63, 3.8) is 0 Å². The van der Waals surface area contributed by atoms with Crippen LogP contribution >= 0.6 is 24.2 Å². The molecule has 1 unspecified atom stereocenters. The van der Waals surface area contributed by atoms with Crippen molar-refractivity contribution in [3.05, 3.63) is 11.6 Å². The second-order valence-electron chi connectivity index (χ2n) is 4.40. The Morgan fingerprint density at radius 2 is 2.39 bits per heavy atom. The molecule has 1 rings (SSSR count). The topological polar surface area (TPSA) is 41.1 Å². The van der Waals surface area contributed by atoms with Crippen LogP contribution in [-0.4, -0.2) is 36.5 Å². The Morgan fingerprint density at radius 1 is 1.61 bits per heavy atom. The minimum Gasteiger partial charge on any atom is -0.351 e. The molecule has 0 fully saturated rings. The Bertz CT molecular complexity index is 272. The van der Waals surface area contributed by atoms with Gasteiger partial charge in [-0.15, -0.1) is 24.2 Å². The highest BCUT2D eigenvalue weighted by molar-refractivity contribution is 8.00. The summed E-state index contributed by atoms with van der Waals surface area (Å²) in [5.41, 5.74) is 1.35.